The number of ketones is 1. The summed E-state index contributed by atoms with van der Waals surface area (Å²) in [6, 6.07) is 4.37. The van der Waals surface area contributed by atoms with Gasteiger partial charge in [0.25, 0.3) is 0 Å². The van der Waals surface area contributed by atoms with Gasteiger partial charge in [-0.05, 0) is 37.2 Å². The van der Waals surface area contributed by atoms with Crippen LogP contribution in [-0.4, -0.2) is 43.2 Å². The number of carbonyl (C=O) groups is 2. The highest BCUT2D eigenvalue weighted by Gasteiger charge is 2.22. The minimum atomic E-state index is -0.750. The summed E-state index contributed by atoms with van der Waals surface area (Å²) in [6.07, 6.45) is 0.354. The monoisotopic (exact) mass is 283 g/mol. The molecule has 0 saturated heterocycles. The molecule has 1 aromatic carbocycles. The number of halogens is 1. The molecule has 5 nitrogen and oxygen atoms in total. The number of carbonyl (C=O) groups excluding carboxylic acids is 2. The van der Waals surface area contributed by atoms with Crippen LogP contribution in [0, 0.1) is 5.82 Å². The first-order chi connectivity index (χ1) is 9.58. The number of hydrogen-bond acceptors (Lipinski definition) is 5. The van der Waals surface area contributed by atoms with E-state index in [2.05, 4.69) is 10.1 Å². The molecule has 0 saturated carbocycles. The van der Waals surface area contributed by atoms with E-state index in [0.717, 1.165) is 0 Å². The molecule has 0 aliphatic carbocycles. The van der Waals surface area contributed by atoms with Crippen LogP contribution >= 0.6 is 0 Å². The molecule has 0 aliphatic heterocycles. The molecule has 1 rings (SSSR count). The minimum Gasteiger partial charge on any atom is -0.469 e. The summed E-state index contributed by atoms with van der Waals surface area (Å²) < 4.78 is 17.4. The van der Waals surface area contributed by atoms with E-state index in [-0.39, 0.29) is 18.8 Å². The third-order valence-corrected chi connectivity index (χ3v) is 2.77. The molecule has 0 spiro atoms. The van der Waals surface area contributed by atoms with Crippen LogP contribution in [0.1, 0.15) is 23.2 Å². The summed E-state index contributed by atoms with van der Waals surface area (Å²) in [6.45, 7) is 0.383. The van der Waals surface area contributed by atoms with Gasteiger partial charge in [-0.2, -0.15) is 0 Å². The van der Waals surface area contributed by atoms with Crippen molar-refractivity contribution < 1.29 is 23.8 Å². The molecule has 0 fully saturated rings. The average molecular weight is 283 g/mol. The smallest absolute Gasteiger partial charge is 0.307 e. The first kappa shape index (κ1) is 16.3. The molecule has 2 N–H and O–H groups in total. The number of nitrogens with one attached hydrogen (secondary N) is 1. The molecule has 0 amide bonds. The van der Waals surface area contributed by atoms with Gasteiger partial charge in [0, 0.05) is 12.2 Å². The number of Topliss-reactive ketones (excluding diaryl/α,β-unsaturated/α-hetero) is 1. The van der Waals surface area contributed by atoms with Crippen LogP contribution in [0.2, 0.25) is 0 Å². The standard InChI is InChI=1S/C14H18FNO4/c1-20-13(18)9-12(16-7-2-8-17)14(19)10-3-5-11(15)6-4-10/h3-6,12,16-17H,2,7-9H2,1H3. The van der Waals surface area contributed by atoms with Gasteiger partial charge in [-0.25, -0.2) is 4.39 Å². The highest BCUT2D eigenvalue weighted by molar-refractivity contribution is 6.01. The lowest BCUT2D eigenvalue weighted by molar-refractivity contribution is -0.140. The lowest BCUT2D eigenvalue weighted by Gasteiger charge is -2.16. The number of rotatable bonds is 8. The van der Waals surface area contributed by atoms with E-state index in [1.807, 2.05) is 0 Å². The zero-order valence-corrected chi connectivity index (χ0v) is 11.3. The molecule has 6 heteroatoms. The van der Waals surface area contributed by atoms with E-state index in [4.69, 9.17) is 5.11 Å². The third kappa shape index (κ3) is 5.07. The Morgan fingerprint density at radius 3 is 2.55 bits per heavy atom. The van der Waals surface area contributed by atoms with E-state index in [1.54, 1.807) is 0 Å². The number of aliphatic hydroxyl groups excluding tert-OH is 1. The quantitative estimate of drug-likeness (QED) is 0.421. The zero-order valence-electron chi connectivity index (χ0n) is 11.3. The van der Waals surface area contributed by atoms with Crippen LogP contribution in [0.25, 0.3) is 0 Å². The summed E-state index contributed by atoms with van der Waals surface area (Å²) in [7, 11) is 1.25. The molecule has 1 aromatic rings. The zero-order chi connectivity index (χ0) is 15.0. The molecular formula is C14H18FNO4. The molecule has 0 aromatic heterocycles. The Balaban J connectivity index is 2.76. The second-order valence-corrected chi connectivity index (χ2v) is 4.24. The lowest BCUT2D eigenvalue weighted by atomic mass is 10.0. The van der Waals surface area contributed by atoms with Crippen LogP contribution in [0.4, 0.5) is 4.39 Å². The molecule has 0 aliphatic rings. The molecule has 0 heterocycles. The Kier molecular flexibility index (Phi) is 6.83. The average Bonchev–Trinajstić information content (AvgIpc) is 2.46. The van der Waals surface area contributed by atoms with Gasteiger partial charge in [-0.3, -0.25) is 9.59 Å². The van der Waals surface area contributed by atoms with Crippen molar-refractivity contribution in [2.45, 2.75) is 18.9 Å². The molecule has 1 atom stereocenters. The molecule has 20 heavy (non-hydrogen) atoms. The van der Waals surface area contributed by atoms with Gasteiger partial charge in [0.15, 0.2) is 5.78 Å². The Morgan fingerprint density at radius 1 is 1.35 bits per heavy atom. The largest absolute Gasteiger partial charge is 0.469 e. The summed E-state index contributed by atoms with van der Waals surface area (Å²) >= 11 is 0. The summed E-state index contributed by atoms with van der Waals surface area (Å²) in [4.78, 5) is 23.6. The van der Waals surface area contributed by atoms with E-state index < -0.39 is 17.8 Å². The van der Waals surface area contributed by atoms with Gasteiger partial charge in [0.05, 0.1) is 19.6 Å². The molecule has 110 valence electrons. The van der Waals surface area contributed by atoms with Crippen molar-refractivity contribution in [3.63, 3.8) is 0 Å². The summed E-state index contributed by atoms with van der Waals surface area (Å²) in [5.74, 6) is -1.25. The first-order valence-corrected chi connectivity index (χ1v) is 6.29. The fourth-order valence-electron chi connectivity index (χ4n) is 1.68. The normalized spacial score (nSPS) is 11.9. The van der Waals surface area contributed by atoms with Crippen LogP contribution < -0.4 is 5.32 Å². The lowest BCUT2D eigenvalue weighted by Crippen LogP contribution is -2.39. The Morgan fingerprint density at radius 2 is 2.00 bits per heavy atom. The van der Waals surface area contributed by atoms with Crippen molar-refractivity contribution in [2.24, 2.45) is 0 Å². The van der Waals surface area contributed by atoms with E-state index >= 15 is 0 Å². The highest BCUT2D eigenvalue weighted by Crippen LogP contribution is 2.09. The van der Waals surface area contributed by atoms with Gasteiger partial charge in [0.2, 0.25) is 0 Å². The van der Waals surface area contributed by atoms with Crippen molar-refractivity contribution in [3.05, 3.63) is 35.6 Å². The second kappa shape index (κ2) is 8.39. The number of hydrogen-bond donors (Lipinski definition) is 2. The van der Waals surface area contributed by atoms with Crippen molar-refractivity contribution >= 4 is 11.8 Å². The Hall–Kier alpha value is -1.79. The number of methoxy groups -OCH3 is 1. The Labute approximate surface area is 116 Å². The first-order valence-electron chi connectivity index (χ1n) is 6.29. The van der Waals surface area contributed by atoms with Gasteiger partial charge >= 0.3 is 5.97 Å². The third-order valence-electron chi connectivity index (χ3n) is 2.77. The number of benzene rings is 1. The Bertz CT molecular complexity index is 447. The van der Waals surface area contributed by atoms with Gasteiger partial charge in [-0.1, -0.05) is 0 Å². The van der Waals surface area contributed by atoms with Gasteiger partial charge in [0.1, 0.15) is 5.82 Å². The molecule has 0 bridgehead atoms. The van der Waals surface area contributed by atoms with Crippen LogP contribution in [0.5, 0.6) is 0 Å². The van der Waals surface area contributed by atoms with Gasteiger partial charge < -0.3 is 15.2 Å². The van der Waals surface area contributed by atoms with Crippen molar-refractivity contribution in [3.8, 4) is 0 Å². The molecule has 1 unspecified atom stereocenters. The summed E-state index contributed by atoms with van der Waals surface area (Å²) in [5, 5.41) is 11.6. The van der Waals surface area contributed by atoms with Crippen molar-refractivity contribution in [1.29, 1.82) is 0 Å². The molecular weight excluding hydrogens is 265 g/mol. The number of esters is 1. The maximum Gasteiger partial charge on any atom is 0.307 e. The fourth-order valence-corrected chi connectivity index (χ4v) is 1.68. The fraction of sp³-hybridized carbons (Fsp3) is 0.429. The van der Waals surface area contributed by atoms with E-state index in [0.29, 0.717) is 18.5 Å². The predicted molar refractivity (Wildman–Crippen MR) is 70.9 cm³/mol. The topological polar surface area (TPSA) is 75.6 Å². The van der Waals surface area contributed by atoms with Crippen LogP contribution in [0.15, 0.2) is 24.3 Å². The minimum absolute atomic E-state index is 0.0112. The number of ether oxygens (including phenoxy) is 1. The molecule has 0 radical (unpaired) electrons. The maximum atomic E-state index is 12.8. The van der Waals surface area contributed by atoms with Crippen LogP contribution in [0.3, 0.4) is 0 Å². The van der Waals surface area contributed by atoms with Gasteiger partial charge in [-0.15, -0.1) is 0 Å². The highest BCUT2D eigenvalue weighted by atomic mass is 19.1. The summed E-state index contributed by atoms with van der Waals surface area (Å²) in [5.41, 5.74) is 0.316. The SMILES string of the molecule is COC(=O)CC(NCCCO)C(=O)c1ccc(F)cc1. The predicted octanol–water partition coefficient (Wildman–Crippen LogP) is 0.912. The van der Waals surface area contributed by atoms with E-state index in [9.17, 15) is 14.0 Å². The maximum absolute atomic E-state index is 12.8. The van der Waals surface area contributed by atoms with Crippen molar-refractivity contribution in [1.82, 2.24) is 5.32 Å². The number of aliphatic hydroxyl groups is 1. The van der Waals surface area contributed by atoms with Crippen molar-refractivity contribution in [2.75, 3.05) is 20.3 Å². The van der Waals surface area contributed by atoms with Crippen LogP contribution in [-0.2, 0) is 9.53 Å². The van der Waals surface area contributed by atoms with E-state index in [1.165, 1.54) is 31.4 Å². The second-order valence-electron chi connectivity index (χ2n) is 4.24.